The number of alkyl halides is 3. The fourth-order valence-corrected chi connectivity index (χ4v) is 5.19. The van der Waals surface area contributed by atoms with E-state index in [0.717, 1.165) is 22.9 Å². The number of carbonyl (C=O) groups is 1. The summed E-state index contributed by atoms with van der Waals surface area (Å²) in [5.74, 6) is 1.10. The highest BCUT2D eigenvalue weighted by atomic mass is 32.2. The van der Waals surface area contributed by atoms with Crippen LogP contribution in [0, 0.1) is 6.92 Å². The lowest BCUT2D eigenvalue weighted by Gasteiger charge is -2.19. The number of hydrogen-bond donors (Lipinski definition) is 2. The van der Waals surface area contributed by atoms with Gasteiger partial charge in [0.05, 0.1) is 26.6 Å². The Kier molecular flexibility index (Phi) is 7.34. The normalized spacial score (nSPS) is 14.7. The van der Waals surface area contributed by atoms with Gasteiger partial charge >= 0.3 is 6.18 Å². The molecule has 2 N–H and O–H groups in total. The predicted molar refractivity (Wildman–Crippen MR) is 133 cm³/mol. The Morgan fingerprint density at radius 3 is 2.64 bits per heavy atom. The van der Waals surface area contributed by atoms with Gasteiger partial charge in [0, 0.05) is 16.9 Å². The molecule has 1 aromatic heterocycles. The molecule has 36 heavy (non-hydrogen) atoms. The molecule has 1 fully saturated rings. The molecular weight excluding hydrogens is 495 g/mol. The molecule has 1 saturated heterocycles. The van der Waals surface area contributed by atoms with Crippen LogP contribution in [-0.4, -0.2) is 50.9 Å². The van der Waals surface area contributed by atoms with Crippen LogP contribution in [0.5, 0.6) is 5.75 Å². The van der Waals surface area contributed by atoms with Crippen LogP contribution in [0.25, 0.3) is 10.9 Å². The first-order valence-electron chi connectivity index (χ1n) is 11.4. The fraction of sp³-hybridized carbons (Fsp3) is 0.375. The number of hydrogen-bond acceptors (Lipinski definition) is 7. The van der Waals surface area contributed by atoms with Gasteiger partial charge < -0.3 is 15.4 Å². The number of aromatic nitrogens is 2. The van der Waals surface area contributed by atoms with Crippen molar-refractivity contribution in [1.82, 2.24) is 15.3 Å². The summed E-state index contributed by atoms with van der Waals surface area (Å²) in [6.07, 6.45) is -1.54. The summed E-state index contributed by atoms with van der Waals surface area (Å²) in [5, 5.41) is 5.76. The highest BCUT2D eigenvalue weighted by molar-refractivity contribution is 7.95. The number of fused-ring (bicyclic) bond motifs is 1. The van der Waals surface area contributed by atoms with E-state index in [1.165, 1.54) is 6.33 Å². The molecule has 4 rings (SSSR count). The molecular formula is C24H26F3N5O3S. The highest BCUT2D eigenvalue weighted by Gasteiger charge is 2.27. The van der Waals surface area contributed by atoms with E-state index in [0.29, 0.717) is 40.6 Å². The number of ether oxygens (including phenoxy) is 1. The van der Waals surface area contributed by atoms with Gasteiger partial charge in [0.25, 0.3) is 5.91 Å². The van der Waals surface area contributed by atoms with Crippen LogP contribution in [0.1, 0.15) is 24.5 Å². The number of aryl methyl sites for hydroxylation is 2. The van der Waals surface area contributed by atoms with E-state index in [4.69, 9.17) is 4.74 Å². The second kappa shape index (κ2) is 10.3. The molecule has 192 valence electrons. The van der Waals surface area contributed by atoms with Gasteiger partial charge in [-0.15, -0.1) is 0 Å². The van der Waals surface area contributed by atoms with Gasteiger partial charge in [-0.1, -0.05) is 13.0 Å². The molecule has 1 aliphatic rings. The van der Waals surface area contributed by atoms with E-state index >= 15 is 0 Å². The van der Waals surface area contributed by atoms with Crippen molar-refractivity contribution in [2.75, 3.05) is 30.0 Å². The van der Waals surface area contributed by atoms with E-state index in [2.05, 4.69) is 19.6 Å². The van der Waals surface area contributed by atoms with Gasteiger partial charge in [-0.05, 0) is 55.2 Å². The van der Waals surface area contributed by atoms with Crippen LogP contribution in [0.15, 0.2) is 41.0 Å². The summed E-state index contributed by atoms with van der Waals surface area (Å²) in [4.78, 5) is 20.6. The quantitative estimate of drug-likeness (QED) is 0.441. The van der Waals surface area contributed by atoms with Crippen molar-refractivity contribution in [3.05, 3.63) is 47.8 Å². The van der Waals surface area contributed by atoms with E-state index in [-0.39, 0.29) is 5.75 Å². The molecule has 2 aromatic carbocycles. The van der Waals surface area contributed by atoms with Crippen LogP contribution in [-0.2, 0) is 20.9 Å². The SMILES string of the molecule is CCc1cc(N=S2(=O)CCC2)cc2ncnc(Nc3ccc(C)cc3OCC(=O)NCC(F)(F)F)c12. The van der Waals surface area contributed by atoms with Crippen LogP contribution in [0.3, 0.4) is 0 Å². The van der Waals surface area contributed by atoms with Crippen LogP contribution in [0.2, 0.25) is 0 Å². The predicted octanol–water partition coefficient (Wildman–Crippen LogP) is 4.80. The number of halogens is 3. The zero-order valence-corrected chi connectivity index (χ0v) is 20.6. The van der Waals surface area contributed by atoms with Crippen LogP contribution < -0.4 is 15.4 Å². The second-order valence-corrected chi connectivity index (χ2v) is 11.0. The van der Waals surface area contributed by atoms with E-state index in [1.807, 2.05) is 26.0 Å². The number of benzene rings is 2. The number of anilines is 2. The van der Waals surface area contributed by atoms with Gasteiger partial charge in [-0.2, -0.15) is 17.5 Å². The first-order chi connectivity index (χ1) is 17.0. The topological polar surface area (TPSA) is 106 Å². The maximum absolute atomic E-state index is 12.6. The van der Waals surface area contributed by atoms with E-state index in [1.54, 1.807) is 23.5 Å². The summed E-state index contributed by atoms with van der Waals surface area (Å²) in [7, 11) is -2.18. The van der Waals surface area contributed by atoms with Gasteiger partial charge in [0.2, 0.25) is 0 Å². The van der Waals surface area contributed by atoms with Gasteiger partial charge in [0.15, 0.2) is 6.61 Å². The Labute approximate surface area is 206 Å². The largest absolute Gasteiger partial charge is 0.482 e. The molecule has 0 bridgehead atoms. The third kappa shape index (κ3) is 6.23. The third-order valence-corrected chi connectivity index (χ3v) is 8.02. The molecule has 0 atom stereocenters. The lowest BCUT2D eigenvalue weighted by molar-refractivity contribution is -0.139. The number of amides is 1. The zero-order valence-electron chi connectivity index (χ0n) is 19.8. The molecule has 8 nitrogen and oxygen atoms in total. The molecule has 1 aliphatic heterocycles. The summed E-state index contributed by atoms with van der Waals surface area (Å²) < 4.78 is 59.7. The smallest absolute Gasteiger partial charge is 0.405 e. The maximum atomic E-state index is 12.6. The first kappa shape index (κ1) is 25.7. The van der Waals surface area contributed by atoms with Crippen molar-refractivity contribution in [2.24, 2.45) is 4.36 Å². The Balaban J connectivity index is 1.62. The minimum Gasteiger partial charge on any atom is -0.482 e. The molecule has 0 spiro atoms. The van der Waals surface area contributed by atoms with Gasteiger partial charge in [0.1, 0.15) is 24.4 Å². The average molecular weight is 522 g/mol. The molecule has 0 aliphatic carbocycles. The minimum atomic E-state index is -4.50. The van der Waals surface area contributed by atoms with E-state index < -0.39 is 35.0 Å². The van der Waals surface area contributed by atoms with Gasteiger partial charge in [-0.3, -0.25) is 4.79 Å². The lowest BCUT2D eigenvalue weighted by atomic mass is 10.1. The summed E-state index contributed by atoms with van der Waals surface area (Å²) in [6.45, 7) is 1.80. The summed E-state index contributed by atoms with van der Waals surface area (Å²) in [6, 6.07) is 8.91. The highest BCUT2D eigenvalue weighted by Crippen LogP contribution is 2.35. The first-order valence-corrected chi connectivity index (χ1v) is 13.2. The average Bonchev–Trinajstić information content (AvgIpc) is 2.80. The fourth-order valence-electron chi connectivity index (χ4n) is 3.73. The van der Waals surface area contributed by atoms with Gasteiger partial charge in [-0.25, -0.2) is 14.2 Å². The van der Waals surface area contributed by atoms with Crippen molar-refractivity contribution < 1.29 is 26.9 Å². The van der Waals surface area contributed by atoms with Crippen LogP contribution in [0.4, 0.5) is 30.4 Å². The lowest BCUT2D eigenvalue weighted by Crippen LogP contribution is -2.36. The molecule has 3 aromatic rings. The van der Waals surface area contributed by atoms with Crippen molar-refractivity contribution in [3.8, 4) is 5.75 Å². The third-order valence-electron chi connectivity index (χ3n) is 5.62. The number of nitrogens with one attached hydrogen (secondary N) is 2. The second-order valence-electron chi connectivity index (χ2n) is 8.51. The number of rotatable bonds is 8. The van der Waals surface area contributed by atoms with Crippen molar-refractivity contribution >= 4 is 43.7 Å². The zero-order chi connectivity index (χ0) is 25.9. The molecule has 0 saturated carbocycles. The Morgan fingerprint density at radius 2 is 1.97 bits per heavy atom. The number of carbonyl (C=O) groups excluding carboxylic acids is 1. The van der Waals surface area contributed by atoms with Crippen molar-refractivity contribution in [2.45, 2.75) is 32.9 Å². The standard InChI is InChI=1S/C24H26F3N5O3S/c1-3-16-10-17(32-36(34)7-4-8-36)11-19-22(16)23(30-14-29-19)31-18-6-5-15(2)9-20(18)35-12-21(33)28-13-24(25,26)27/h5-6,9-11,14H,3-4,7-8,12-13H2,1-2H3,(H,28,33)(H,29,30,31). The maximum Gasteiger partial charge on any atom is 0.405 e. The monoisotopic (exact) mass is 521 g/mol. The summed E-state index contributed by atoms with van der Waals surface area (Å²) in [5.41, 5.74) is 3.49. The van der Waals surface area contributed by atoms with Crippen molar-refractivity contribution in [1.29, 1.82) is 0 Å². The van der Waals surface area contributed by atoms with Crippen LogP contribution >= 0.6 is 0 Å². The molecule has 0 radical (unpaired) electrons. The Hall–Kier alpha value is -3.41. The molecule has 1 amide bonds. The number of nitrogens with zero attached hydrogens (tertiary/aromatic N) is 3. The minimum absolute atomic E-state index is 0.287. The molecule has 0 unspecified atom stereocenters. The van der Waals surface area contributed by atoms with Crippen molar-refractivity contribution in [3.63, 3.8) is 0 Å². The molecule has 2 heterocycles. The Morgan fingerprint density at radius 1 is 1.19 bits per heavy atom. The molecule has 12 heteroatoms. The Bertz CT molecular complexity index is 1410. The van der Waals surface area contributed by atoms with E-state index in [9.17, 15) is 22.2 Å². The summed E-state index contributed by atoms with van der Waals surface area (Å²) >= 11 is 0.